The van der Waals surface area contributed by atoms with Crippen LogP contribution in [-0.2, 0) is 11.3 Å². The highest BCUT2D eigenvalue weighted by Gasteiger charge is 2.20. The zero-order valence-corrected chi connectivity index (χ0v) is 6.82. The van der Waals surface area contributed by atoms with Gasteiger partial charge in [0, 0.05) is 6.61 Å². The number of rotatable bonds is 2. The van der Waals surface area contributed by atoms with Gasteiger partial charge in [-0.25, -0.2) is 4.98 Å². The average molecular weight is 168 g/mol. The van der Waals surface area contributed by atoms with Gasteiger partial charge < -0.3 is 14.9 Å². The van der Waals surface area contributed by atoms with Crippen LogP contribution in [0.5, 0.6) is 0 Å². The van der Waals surface area contributed by atoms with Crippen molar-refractivity contribution in [3.8, 4) is 0 Å². The maximum atomic E-state index is 5.43. The van der Waals surface area contributed by atoms with Crippen LogP contribution >= 0.6 is 0 Å². The van der Waals surface area contributed by atoms with Crippen LogP contribution < -0.4 is 5.73 Å². The summed E-state index contributed by atoms with van der Waals surface area (Å²) in [5.41, 5.74) is 6.25. The van der Waals surface area contributed by atoms with Gasteiger partial charge in [-0.1, -0.05) is 0 Å². The minimum atomic E-state index is 0.133. The van der Waals surface area contributed by atoms with Gasteiger partial charge in [0.15, 0.2) is 0 Å². The lowest BCUT2D eigenvalue weighted by atomic mass is 10.2. The number of aromatic nitrogens is 1. The van der Waals surface area contributed by atoms with Crippen LogP contribution in [0.25, 0.3) is 0 Å². The summed E-state index contributed by atoms with van der Waals surface area (Å²) in [5, 5.41) is 0. The summed E-state index contributed by atoms with van der Waals surface area (Å²) in [6.45, 7) is 1.18. The molecule has 0 bridgehead atoms. The molecule has 0 aromatic carbocycles. The zero-order valence-electron chi connectivity index (χ0n) is 6.82. The number of nitrogens with two attached hydrogens (primary N) is 1. The second-order valence-electron chi connectivity index (χ2n) is 2.87. The van der Waals surface area contributed by atoms with Gasteiger partial charge in [0.1, 0.15) is 18.1 Å². The molecule has 66 valence electrons. The Bertz CT molecular complexity index is 253. The molecular weight excluding hydrogens is 156 g/mol. The van der Waals surface area contributed by atoms with E-state index in [2.05, 4.69) is 4.98 Å². The van der Waals surface area contributed by atoms with Crippen LogP contribution in [0.1, 0.15) is 30.5 Å². The molecule has 0 spiro atoms. The fourth-order valence-corrected chi connectivity index (χ4v) is 1.38. The first kappa shape index (κ1) is 7.76. The van der Waals surface area contributed by atoms with E-state index in [0.29, 0.717) is 12.4 Å². The van der Waals surface area contributed by atoms with Gasteiger partial charge in [-0.15, -0.1) is 0 Å². The van der Waals surface area contributed by atoms with E-state index in [1.54, 1.807) is 6.26 Å². The van der Waals surface area contributed by atoms with Gasteiger partial charge in [-0.05, 0) is 12.8 Å². The second kappa shape index (κ2) is 3.25. The van der Waals surface area contributed by atoms with Gasteiger partial charge in [0.2, 0.25) is 5.89 Å². The van der Waals surface area contributed by atoms with Crippen molar-refractivity contribution in [1.82, 2.24) is 4.98 Å². The molecule has 0 radical (unpaired) electrons. The van der Waals surface area contributed by atoms with Crippen LogP contribution in [0.15, 0.2) is 10.7 Å². The summed E-state index contributed by atoms with van der Waals surface area (Å²) in [4.78, 5) is 4.19. The molecule has 1 saturated heterocycles. The number of oxazole rings is 1. The molecule has 4 nitrogen and oxygen atoms in total. The van der Waals surface area contributed by atoms with Gasteiger partial charge >= 0.3 is 0 Å². The lowest BCUT2D eigenvalue weighted by Crippen LogP contribution is -1.99. The Hall–Kier alpha value is -0.870. The molecule has 1 unspecified atom stereocenters. The summed E-state index contributed by atoms with van der Waals surface area (Å²) in [6, 6.07) is 0. The normalized spacial score (nSPS) is 23.2. The van der Waals surface area contributed by atoms with Crippen LogP contribution in [0, 0.1) is 0 Å². The molecule has 1 atom stereocenters. The molecule has 1 aliphatic rings. The molecule has 1 fully saturated rings. The largest absolute Gasteiger partial charge is 0.447 e. The monoisotopic (exact) mass is 168 g/mol. The Labute approximate surface area is 70.7 Å². The Balaban J connectivity index is 2.11. The first-order valence-electron chi connectivity index (χ1n) is 4.16. The summed E-state index contributed by atoms with van der Waals surface area (Å²) >= 11 is 0. The van der Waals surface area contributed by atoms with E-state index in [1.165, 1.54) is 0 Å². The third-order valence-corrected chi connectivity index (χ3v) is 2.00. The fraction of sp³-hybridized carbons (Fsp3) is 0.625. The van der Waals surface area contributed by atoms with Crippen LogP contribution in [0.4, 0.5) is 0 Å². The maximum absolute atomic E-state index is 5.43. The van der Waals surface area contributed by atoms with Crippen molar-refractivity contribution >= 4 is 0 Å². The van der Waals surface area contributed by atoms with E-state index >= 15 is 0 Å². The van der Waals surface area contributed by atoms with Crippen molar-refractivity contribution in [3.05, 3.63) is 17.8 Å². The van der Waals surface area contributed by atoms with E-state index in [4.69, 9.17) is 14.9 Å². The lowest BCUT2D eigenvalue weighted by Gasteiger charge is -2.02. The standard InChI is InChI=1S/C8H12N2O2/c9-4-8-10-6(5-12-8)7-2-1-3-11-7/h5,7H,1-4,9H2. The van der Waals surface area contributed by atoms with Gasteiger partial charge in [0.05, 0.1) is 6.54 Å². The number of nitrogens with zero attached hydrogens (tertiary/aromatic N) is 1. The maximum Gasteiger partial charge on any atom is 0.208 e. The van der Waals surface area contributed by atoms with Gasteiger partial charge in [-0.3, -0.25) is 0 Å². The molecule has 0 amide bonds. The lowest BCUT2D eigenvalue weighted by molar-refractivity contribution is 0.108. The van der Waals surface area contributed by atoms with E-state index in [0.717, 1.165) is 25.1 Å². The summed E-state index contributed by atoms with van der Waals surface area (Å²) in [6.07, 6.45) is 3.92. The third-order valence-electron chi connectivity index (χ3n) is 2.00. The molecule has 0 saturated carbocycles. The highest BCUT2D eigenvalue weighted by atomic mass is 16.5. The van der Waals surface area contributed by atoms with Crippen molar-refractivity contribution in [2.75, 3.05) is 6.61 Å². The molecule has 2 N–H and O–H groups in total. The van der Waals surface area contributed by atoms with Crippen molar-refractivity contribution < 1.29 is 9.15 Å². The van der Waals surface area contributed by atoms with Gasteiger partial charge in [0.25, 0.3) is 0 Å². The molecule has 4 heteroatoms. The third kappa shape index (κ3) is 1.35. The van der Waals surface area contributed by atoms with E-state index in [1.807, 2.05) is 0 Å². The van der Waals surface area contributed by atoms with E-state index in [9.17, 15) is 0 Å². The minimum Gasteiger partial charge on any atom is -0.447 e. The topological polar surface area (TPSA) is 61.3 Å². The SMILES string of the molecule is NCc1nc(C2CCCO2)co1. The second-order valence-corrected chi connectivity index (χ2v) is 2.87. The highest BCUT2D eigenvalue weighted by molar-refractivity contribution is 5.02. The van der Waals surface area contributed by atoms with Crippen LogP contribution in [0.3, 0.4) is 0 Å². The van der Waals surface area contributed by atoms with Gasteiger partial charge in [-0.2, -0.15) is 0 Å². The molecular formula is C8H12N2O2. The number of hydrogen-bond donors (Lipinski definition) is 1. The van der Waals surface area contributed by atoms with Crippen LogP contribution in [-0.4, -0.2) is 11.6 Å². The summed E-state index contributed by atoms with van der Waals surface area (Å²) in [7, 11) is 0. The van der Waals surface area contributed by atoms with Crippen molar-refractivity contribution in [3.63, 3.8) is 0 Å². The first-order valence-corrected chi connectivity index (χ1v) is 4.16. The predicted molar refractivity (Wildman–Crippen MR) is 42.3 cm³/mol. The van der Waals surface area contributed by atoms with E-state index in [-0.39, 0.29) is 6.10 Å². The zero-order chi connectivity index (χ0) is 8.39. The Morgan fingerprint density at radius 1 is 1.67 bits per heavy atom. The van der Waals surface area contributed by atoms with E-state index < -0.39 is 0 Å². The minimum absolute atomic E-state index is 0.133. The Morgan fingerprint density at radius 2 is 2.58 bits per heavy atom. The smallest absolute Gasteiger partial charge is 0.208 e. The molecule has 1 aromatic rings. The van der Waals surface area contributed by atoms with Crippen LogP contribution in [0.2, 0.25) is 0 Å². The quantitative estimate of drug-likeness (QED) is 0.715. The first-order chi connectivity index (χ1) is 5.90. The predicted octanol–water partition coefficient (Wildman–Crippen LogP) is 0.985. The molecule has 1 aliphatic heterocycles. The van der Waals surface area contributed by atoms with Crippen molar-refractivity contribution in [1.29, 1.82) is 0 Å². The molecule has 2 rings (SSSR count). The van der Waals surface area contributed by atoms with Crippen molar-refractivity contribution in [2.45, 2.75) is 25.5 Å². The fourth-order valence-electron chi connectivity index (χ4n) is 1.38. The molecule has 2 heterocycles. The summed E-state index contributed by atoms with van der Waals surface area (Å²) in [5.74, 6) is 0.584. The number of ether oxygens (including phenoxy) is 1. The summed E-state index contributed by atoms with van der Waals surface area (Å²) < 4.78 is 10.5. The number of hydrogen-bond acceptors (Lipinski definition) is 4. The highest BCUT2D eigenvalue weighted by Crippen LogP contribution is 2.27. The molecule has 0 aliphatic carbocycles. The van der Waals surface area contributed by atoms with Crippen molar-refractivity contribution in [2.24, 2.45) is 5.73 Å². The molecule has 12 heavy (non-hydrogen) atoms. The average Bonchev–Trinajstić information content (AvgIpc) is 2.75. The Morgan fingerprint density at radius 3 is 3.17 bits per heavy atom. The molecule has 1 aromatic heterocycles. The Kier molecular flexibility index (Phi) is 2.10.